The van der Waals surface area contributed by atoms with Gasteiger partial charge in [-0.1, -0.05) is 102 Å². The Labute approximate surface area is 272 Å². The molecule has 3 heterocycles. The summed E-state index contributed by atoms with van der Waals surface area (Å²) in [7, 11) is 0. The summed E-state index contributed by atoms with van der Waals surface area (Å²) in [5, 5.41) is 2.68. The molecule has 0 atom stereocenters. The van der Waals surface area contributed by atoms with Crippen LogP contribution in [0.5, 0.6) is 0 Å². The van der Waals surface area contributed by atoms with Gasteiger partial charge in [-0.3, -0.25) is 0 Å². The molecular formula is C41H39BN2S. The van der Waals surface area contributed by atoms with Crippen molar-refractivity contribution in [2.24, 2.45) is 0 Å². The first-order valence-corrected chi connectivity index (χ1v) is 16.9. The van der Waals surface area contributed by atoms with Gasteiger partial charge in [-0.15, -0.1) is 11.3 Å². The summed E-state index contributed by atoms with van der Waals surface area (Å²) >= 11 is 1.92. The topological polar surface area (TPSA) is 6.48 Å². The lowest BCUT2D eigenvalue weighted by Crippen LogP contribution is -2.61. The highest BCUT2D eigenvalue weighted by molar-refractivity contribution is 7.26. The number of nitrogens with zero attached hydrogens (tertiary/aromatic N) is 2. The van der Waals surface area contributed by atoms with Crippen LogP contribution < -0.4 is 26.2 Å². The molecule has 0 bridgehead atoms. The molecule has 8 rings (SSSR count). The fourth-order valence-electron chi connectivity index (χ4n) is 7.31. The summed E-state index contributed by atoms with van der Waals surface area (Å²) in [6, 6.07) is 41.4. The number of aryl methyl sites for hydroxylation is 1. The lowest BCUT2D eigenvalue weighted by Gasteiger charge is -2.43. The maximum atomic E-state index is 2.55. The van der Waals surface area contributed by atoms with E-state index in [0.717, 1.165) is 0 Å². The Kier molecular flexibility index (Phi) is 6.18. The number of thiophene rings is 1. The highest BCUT2D eigenvalue weighted by Gasteiger charge is 2.45. The predicted octanol–water partition coefficient (Wildman–Crippen LogP) is 9.89. The fraction of sp³-hybridized carbons (Fsp3) is 0.220. The van der Waals surface area contributed by atoms with Gasteiger partial charge in [0.05, 0.1) is 5.00 Å². The number of para-hydroxylation sites is 1. The zero-order chi connectivity index (χ0) is 31.2. The molecule has 222 valence electrons. The van der Waals surface area contributed by atoms with Crippen molar-refractivity contribution in [1.82, 2.24) is 0 Å². The highest BCUT2D eigenvalue weighted by atomic mass is 32.1. The van der Waals surface area contributed by atoms with Crippen LogP contribution in [-0.2, 0) is 10.8 Å². The third-order valence-electron chi connectivity index (χ3n) is 9.63. The monoisotopic (exact) mass is 602 g/mol. The first-order valence-electron chi connectivity index (χ1n) is 16.1. The average molecular weight is 603 g/mol. The van der Waals surface area contributed by atoms with E-state index in [9.17, 15) is 0 Å². The smallest absolute Gasteiger partial charge is 0.254 e. The molecule has 5 aromatic carbocycles. The van der Waals surface area contributed by atoms with Crippen molar-refractivity contribution in [2.75, 3.05) is 9.80 Å². The van der Waals surface area contributed by atoms with Gasteiger partial charge in [-0.25, -0.2) is 0 Å². The van der Waals surface area contributed by atoms with E-state index in [2.05, 4.69) is 167 Å². The lowest BCUT2D eigenvalue weighted by atomic mass is 9.33. The van der Waals surface area contributed by atoms with Crippen LogP contribution in [0.1, 0.15) is 58.2 Å². The minimum atomic E-state index is 0.101. The molecule has 2 aliphatic rings. The molecule has 0 N–H and O–H groups in total. The summed E-state index contributed by atoms with van der Waals surface area (Å²) in [5.74, 6) is 0. The van der Waals surface area contributed by atoms with Crippen LogP contribution in [0.15, 0.2) is 109 Å². The molecule has 0 fully saturated rings. The molecular weight excluding hydrogens is 563 g/mol. The Morgan fingerprint density at radius 3 is 1.71 bits per heavy atom. The molecule has 0 spiro atoms. The molecule has 45 heavy (non-hydrogen) atoms. The molecule has 0 aliphatic carbocycles. The van der Waals surface area contributed by atoms with Gasteiger partial charge in [0, 0.05) is 33.1 Å². The molecule has 4 heteroatoms. The van der Waals surface area contributed by atoms with Gasteiger partial charge in [0.2, 0.25) is 0 Å². The number of hydrogen-bond donors (Lipinski definition) is 0. The summed E-state index contributed by atoms with van der Waals surface area (Å²) < 4.78 is 1.34. The van der Waals surface area contributed by atoms with Crippen molar-refractivity contribution in [3.63, 3.8) is 0 Å². The molecule has 2 aliphatic heterocycles. The molecule has 0 radical (unpaired) electrons. The van der Waals surface area contributed by atoms with Crippen molar-refractivity contribution in [3.8, 4) is 0 Å². The zero-order valence-electron chi connectivity index (χ0n) is 27.3. The number of hydrogen-bond acceptors (Lipinski definition) is 3. The van der Waals surface area contributed by atoms with Crippen LogP contribution in [0, 0.1) is 6.92 Å². The van der Waals surface area contributed by atoms with Crippen LogP contribution in [0.2, 0.25) is 0 Å². The third kappa shape index (κ3) is 4.37. The van der Waals surface area contributed by atoms with Gasteiger partial charge in [-0.05, 0) is 105 Å². The molecule has 6 aromatic rings. The van der Waals surface area contributed by atoms with Gasteiger partial charge in [-0.2, -0.15) is 0 Å². The summed E-state index contributed by atoms with van der Waals surface area (Å²) in [4.78, 5) is 5.05. The Hall–Kier alpha value is -4.28. The fourth-order valence-corrected chi connectivity index (χ4v) is 8.58. The van der Waals surface area contributed by atoms with Crippen LogP contribution in [0.3, 0.4) is 0 Å². The van der Waals surface area contributed by atoms with Gasteiger partial charge >= 0.3 is 0 Å². The molecule has 0 unspecified atom stereocenters. The van der Waals surface area contributed by atoms with Crippen molar-refractivity contribution in [2.45, 2.75) is 59.3 Å². The molecule has 2 nitrogen and oxygen atoms in total. The summed E-state index contributed by atoms with van der Waals surface area (Å²) in [6.45, 7) is 16.1. The number of rotatable bonds is 2. The minimum Gasteiger partial charge on any atom is -0.311 e. The SMILES string of the molecule is Cc1cc2c3c(c1)N(c1ccc(C(C)(C)C)cc1)c1sc4ccccc4c1B3c1ccccc1N2c1ccc(C(C)(C)C)cc1. The van der Waals surface area contributed by atoms with Crippen LogP contribution in [-0.4, -0.2) is 6.71 Å². The van der Waals surface area contributed by atoms with Gasteiger partial charge in [0.1, 0.15) is 0 Å². The standard InChI is InChI=1S/C41H39BN2S/c1-26-24-34-38-35(25-26)44(30-22-18-28(19-23-30)41(5,6)7)39-37(31-12-8-11-15-36(31)45-39)42(38)32-13-9-10-14-33(32)43(34)29-20-16-27(17-21-29)40(2,3)4/h8-25H,1-7H3. The van der Waals surface area contributed by atoms with E-state index >= 15 is 0 Å². The Morgan fingerprint density at radius 2 is 1.09 bits per heavy atom. The normalized spacial score (nSPS) is 14.0. The summed E-state index contributed by atoms with van der Waals surface area (Å²) in [6.07, 6.45) is 0. The van der Waals surface area contributed by atoms with Crippen LogP contribution >= 0.6 is 11.3 Å². The maximum Gasteiger partial charge on any atom is 0.254 e. The lowest BCUT2D eigenvalue weighted by molar-refractivity contribution is 0.590. The quantitative estimate of drug-likeness (QED) is 0.182. The van der Waals surface area contributed by atoms with Gasteiger partial charge < -0.3 is 9.80 Å². The van der Waals surface area contributed by atoms with E-state index in [4.69, 9.17) is 0 Å². The number of benzene rings is 5. The van der Waals surface area contributed by atoms with E-state index in [1.165, 1.54) is 76.6 Å². The van der Waals surface area contributed by atoms with E-state index in [1.807, 2.05) is 11.3 Å². The Balaban J connectivity index is 1.43. The number of fused-ring (bicyclic) bond motifs is 6. The number of anilines is 6. The third-order valence-corrected chi connectivity index (χ3v) is 10.8. The van der Waals surface area contributed by atoms with Gasteiger partial charge in [0.15, 0.2) is 0 Å². The van der Waals surface area contributed by atoms with Crippen molar-refractivity contribution >= 4 is 78.0 Å². The largest absolute Gasteiger partial charge is 0.311 e. The second-order valence-electron chi connectivity index (χ2n) is 14.8. The van der Waals surface area contributed by atoms with Crippen molar-refractivity contribution in [3.05, 3.63) is 126 Å². The second-order valence-corrected chi connectivity index (χ2v) is 15.8. The van der Waals surface area contributed by atoms with Crippen LogP contribution in [0.4, 0.5) is 33.4 Å². The van der Waals surface area contributed by atoms with E-state index in [1.54, 1.807) is 0 Å². The maximum absolute atomic E-state index is 2.55. The average Bonchev–Trinajstić information content (AvgIpc) is 3.39. The molecule has 0 amide bonds. The summed E-state index contributed by atoms with van der Waals surface area (Å²) in [5.41, 5.74) is 14.6. The highest BCUT2D eigenvalue weighted by Crippen LogP contribution is 2.48. The molecule has 0 saturated heterocycles. The van der Waals surface area contributed by atoms with Crippen LogP contribution in [0.25, 0.3) is 10.1 Å². The Morgan fingerprint density at radius 1 is 0.556 bits per heavy atom. The first kappa shape index (κ1) is 28.2. The van der Waals surface area contributed by atoms with E-state index in [0.29, 0.717) is 0 Å². The van der Waals surface area contributed by atoms with Crippen molar-refractivity contribution < 1.29 is 0 Å². The predicted molar refractivity (Wildman–Crippen MR) is 198 cm³/mol. The minimum absolute atomic E-state index is 0.101. The van der Waals surface area contributed by atoms with Gasteiger partial charge in [0.25, 0.3) is 6.71 Å². The van der Waals surface area contributed by atoms with Crippen molar-refractivity contribution in [1.29, 1.82) is 0 Å². The van der Waals surface area contributed by atoms with E-state index < -0.39 is 0 Å². The molecule has 0 saturated carbocycles. The van der Waals surface area contributed by atoms with E-state index in [-0.39, 0.29) is 17.5 Å². The second kappa shape index (κ2) is 9.86. The molecule has 1 aromatic heterocycles. The Bertz CT molecular complexity index is 2090. The zero-order valence-corrected chi connectivity index (χ0v) is 28.1. The first-order chi connectivity index (χ1) is 21.5.